The first-order chi connectivity index (χ1) is 11.8. The number of para-hydroxylation sites is 1. The van der Waals surface area contributed by atoms with Gasteiger partial charge in [-0.2, -0.15) is 0 Å². The van der Waals surface area contributed by atoms with Crippen LogP contribution in [0.2, 0.25) is 5.15 Å². The zero-order valence-corrected chi connectivity index (χ0v) is 15.2. The number of phenols is 1. The zero-order valence-electron chi connectivity index (χ0n) is 14.4. The summed E-state index contributed by atoms with van der Waals surface area (Å²) in [5.41, 5.74) is 3.68. The highest BCUT2D eigenvalue weighted by Crippen LogP contribution is 2.38. The molecule has 2 heterocycles. The molecule has 0 fully saturated rings. The monoisotopic (exact) mass is 350 g/mol. The molecule has 0 aliphatic carbocycles. The molecule has 4 rings (SSSR count). The topological polar surface area (TPSA) is 38.0 Å². The summed E-state index contributed by atoms with van der Waals surface area (Å²) >= 11 is 6.54. The van der Waals surface area contributed by atoms with Crippen LogP contribution in [-0.4, -0.2) is 14.7 Å². The van der Waals surface area contributed by atoms with Crippen molar-refractivity contribution in [2.24, 2.45) is 0 Å². The third kappa shape index (κ3) is 2.65. The highest BCUT2D eigenvalue weighted by Gasteiger charge is 2.23. The fraction of sp³-hybridized carbons (Fsp3) is 0.190. The highest BCUT2D eigenvalue weighted by molar-refractivity contribution is 6.32. The number of rotatable bonds is 1. The standard InChI is InChI=1S/C21H19ClN2O/c1-21(2,3)24-18-9-8-15(25)10-14(18)12-19(24)16-11-13-6-4-5-7-17(13)23-20(16)22/h4-12,25H,1-3H3. The number of fused-ring (bicyclic) bond motifs is 2. The number of phenolic OH excluding ortho intramolecular Hbond substituents is 1. The molecular formula is C21H19ClN2O. The Hall–Kier alpha value is -2.52. The van der Waals surface area contributed by atoms with Crippen LogP contribution >= 0.6 is 11.6 Å². The number of nitrogens with zero attached hydrogens (tertiary/aromatic N) is 2. The molecule has 0 aliphatic rings. The Morgan fingerprint density at radius 2 is 1.72 bits per heavy atom. The van der Waals surface area contributed by atoms with E-state index in [1.54, 1.807) is 12.1 Å². The van der Waals surface area contributed by atoms with E-state index >= 15 is 0 Å². The molecule has 0 amide bonds. The van der Waals surface area contributed by atoms with Crippen LogP contribution in [-0.2, 0) is 5.54 Å². The Morgan fingerprint density at radius 1 is 0.960 bits per heavy atom. The second-order valence-corrected chi connectivity index (χ2v) is 7.66. The van der Waals surface area contributed by atoms with Crippen molar-refractivity contribution in [2.75, 3.05) is 0 Å². The van der Waals surface area contributed by atoms with Crippen LogP contribution in [0.3, 0.4) is 0 Å². The summed E-state index contributed by atoms with van der Waals surface area (Å²) in [4.78, 5) is 4.57. The average molecular weight is 351 g/mol. The molecule has 2 aromatic heterocycles. The summed E-state index contributed by atoms with van der Waals surface area (Å²) in [6.07, 6.45) is 0. The van der Waals surface area contributed by atoms with E-state index in [1.165, 1.54) is 0 Å². The zero-order chi connectivity index (χ0) is 17.8. The van der Waals surface area contributed by atoms with E-state index in [9.17, 15) is 5.11 Å². The van der Waals surface area contributed by atoms with Crippen molar-refractivity contribution >= 4 is 33.4 Å². The van der Waals surface area contributed by atoms with Gasteiger partial charge in [0.2, 0.25) is 0 Å². The molecule has 0 saturated carbocycles. The summed E-state index contributed by atoms with van der Waals surface area (Å²) in [6, 6.07) is 17.6. The average Bonchev–Trinajstić information content (AvgIpc) is 2.92. The van der Waals surface area contributed by atoms with E-state index in [0.717, 1.165) is 33.1 Å². The minimum atomic E-state index is -0.150. The van der Waals surface area contributed by atoms with Crippen LogP contribution in [0.15, 0.2) is 54.6 Å². The van der Waals surface area contributed by atoms with Crippen molar-refractivity contribution in [1.82, 2.24) is 9.55 Å². The molecule has 0 saturated heterocycles. The predicted molar refractivity (Wildman–Crippen MR) is 104 cm³/mol. The summed E-state index contributed by atoms with van der Waals surface area (Å²) in [5, 5.41) is 12.4. The lowest BCUT2D eigenvalue weighted by atomic mass is 10.1. The second kappa shape index (κ2) is 5.50. The first-order valence-electron chi connectivity index (χ1n) is 8.25. The van der Waals surface area contributed by atoms with E-state index in [0.29, 0.717) is 5.15 Å². The molecule has 0 radical (unpaired) electrons. The van der Waals surface area contributed by atoms with Gasteiger partial charge in [0.25, 0.3) is 0 Å². The Balaban J connectivity index is 2.08. The van der Waals surface area contributed by atoms with Gasteiger partial charge < -0.3 is 9.67 Å². The van der Waals surface area contributed by atoms with Crippen molar-refractivity contribution in [3.05, 3.63) is 59.8 Å². The Labute approximate surface area is 151 Å². The number of aromatic nitrogens is 2. The molecule has 0 bridgehead atoms. The molecule has 1 N–H and O–H groups in total. The van der Waals surface area contributed by atoms with Crippen LogP contribution in [0, 0.1) is 0 Å². The normalized spacial score (nSPS) is 12.2. The van der Waals surface area contributed by atoms with Gasteiger partial charge in [-0.3, -0.25) is 0 Å². The second-order valence-electron chi connectivity index (χ2n) is 7.30. The first kappa shape index (κ1) is 16.0. The molecule has 4 heteroatoms. The maximum absolute atomic E-state index is 9.85. The van der Waals surface area contributed by atoms with Crippen molar-refractivity contribution in [1.29, 1.82) is 0 Å². The number of halogens is 1. The van der Waals surface area contributed by atoms with E-state index < -0.39 is 0 Å². The van der Waals surface area contributed by atoms with Gasteiger partial charge >= 0.3 is 0 Å². The molecule has 0 atom stereocenters. The lowest BCUT2D eigenvalue weighted by molar-refractivity contribution is 0.415. The van der Waals surface area contributed by atoms with Crippen molar-refractivity contribution in [3.8, 4) is 17.0 Å². The third-order valence-corrected chi connectivity index (χ3v) is 4.70. The van der Waals surface area contributed by atoms with Gasteiger partial charge in [0.15, 0.2) is 0 Å². The van der Waals surface area contributed by atoms with E-state index in [2.05, 4.69) is 42.5 Å². The first-order valence-corrected chi connectivity index (χ1v) is 8.63. The predicted octanol–water partition coefficient (Wildman–Crippen LogP) is 5.97. The van der Waals surface area contributed by atoms with Gasteiger partial charge in [0, 0.05) is 27.4 Å². The van der Waals surface area contributed by atoms with Gasteiger partial charge in [-0.25, -0.2) is 4.98 Å². The largest absolute Gasteiger partial charge is 0.508 e. The van der Waals surface area contributed by atoms with Crippen molar-refractivity contribution in [2.45, 2.75) is 26.3 Å². The third-order valence-electron chi connectivity index (χ3n) is 4.41. The van der Waals surface area contributed by atoms with Gasteiger partial charge in [-0.1, -0.05) is 29.8 Å². The van der Waals surface area contributed by atoms with Crippen molar-refractivity contribution < 1.29 is 5.11 Å². The SMILES string of the molecule is CC(C)(C)n1c(-c2cc3ccccc3nc2Cl)cc2cc(O)ccc21. The Kier molecular flexibility index (Phi) is 3.51. The number of benzene rings is 2. The summed E-state index contributed by atoms with van der Waals surface area (Å²) < 4.78 is 2.25. The summed E-state index contributed by atoms with van der Waals surface area (Å²) in [7, 11) is 0. The Bertz CT molecular complexity index is 1110. The lowest BCUT2D eigenvalue weighted by Crippen LogP contribution is -2.22. The lowest BCUT2D eigenvalue weighted by Gasteiger charge is -2.26. The van der Waals surface area contributed by atoms with Crippen LogP contribution in [0.5, 0.6) is 5.75 Å². The van der Waals surface area contributed by atoms with Gasteiger partial charge in [0.05, 0.1) is 11.2 Å². The number of hydrogen-bond donors (Lipinski definition) is 1. The number of aromatic hydroxyl groups is 1. The Morgan fingerprint density at radius 3 is 2.48 bits per heavy atom. The van der Waals surface area contributed by atoms with Crippen LogP contribution in [0.25, 0.3) is 33.1 Å². The maximum Gasteiger partial charge on any atom is 0.139 e. The smallest absolute Gasteiger partial charge is 0.139 e. The van der Waals surface area contributed by atoms with Gasteiger partial charge in [0.1, 0.15) is 10.9 Å². The molecule has 3 nitrogen and oxygen atoms in total. The maximum atomic E-state index is 9.85. The minimum Gasteiger partial charge on any atom is -0.508 e. The number of pyridine rings is 1. The van der Waals surface area contributed by atoms with Gasteiger partial charge in [-0.15, -0.1) is 0 Å². The molecule has 4 aromatic rings. The minimum absolute atomic E-state index is 0.150. The van der Waals surface area contributed by atoms with E-state index in [4.69, 9.17) is 11.6 Å². The van der Waals surface area contributed by atoms with Crippen LogP contribution < -0.4 is 0 Å². The highest BCUT2D eigenvalue weighted by atomic mass is 35.5. The fourth-order valence-corrected chi connectivity index (χ4v) is 3.64. The quantitative estimate of drug-likeness (QED) is 0.429. The summed E-state index contributed by atoms with van der Waals surface area (Å²) in [6.45, 7) is 6.47. The molecule has 0 unspecified atom stereocenters. The van der Waals surface area contributed by atoms with Crippen LogP contribution in [0.4, 0.5) is 0 Å². The summed E-state index contributed by atoms with van der Waals surface area (Å²) in [5.74, 6) is 0.257. The van der Waals surface area contributed by atoms with Gasteiger partial charge in [-0.05, 0) is 57.2 Å². The molecule has 0 aliphatic heterocycles. The molecular weight excluding hydrogens is 332 g/mol. The van der Waals surface area contributed by atoms with E-state index in [1.807, 2.05) is 30.3 Å². The fourth-order valence-electron chi connectivity index (χ4n) is 3.40. The van der Waals surface area contributed by atoms with E-state index in [-0.39, 0.29) is 11.3 Å². The molecule has 25 heavy (non-hydrogen) atoms. The van der Waals surface area contributed by atoms with Crippen LogP contribution in [0.1, 0.15) is 20.8 Å². The molecule has 126 valence electrons. The molecule has 0 spiro atoms. The molecule has 2 aromatic carbocycles. The van der Waals surface area contributed by atoms with Crippen molar-refractivity contribution in [3.63, 3.8) is 0 Å². The number of hydrogen-bond acceptors (Lipinski definition) is 2.